The van der Waals surface area contributed by atoms with E-state index in [1.165, 1.54) is 19.1 Å². The first-order valence-electron chi connectivity index (χ1n) is 10.3. The Bertz CT molecular complexity index is 1080. The summed E-state index contributed by atoms with van der Waals surface area (Å²) in [5.74, 6) is -2.13. The van der Waals surface area contributed by atoms with E-state index >= 15 is 0 Å². The molecule has 0 atom stereocenters. The van der Waals surface area contributed by atoms with Crippen LogP contribution in [-0.2, 0) is 11.0 Å². The first kappa shape index (κ1) is 24.6. The maximum atomic E-state index is 13.4. The summed E-state index contributed by atoms with van der Waals surface area (Å²) in [6.07, 6.45) is -0.850. The third-order valence-electron chi connectivity index (χ3n) is 5.31. The quantitative estimate of drug-likeness (QED) is 0.558. The number of hydrogen-bond acceptors (Lipinski definition) is 4. The molecule has 8 nitrogen and oxygen atoms in total. The number of aromatic nitrogens is 2. The minimum atomic E-state index is -4.71. The van der Waals surface area contributed by atoms with Gasteiger partial charge in [-0.15, -0.1) is 0 Å². The first-order valence-corrected chi connectivity index (χ1v) is 10.7. The largest absolute Gasteiger partial charge is 0.435 e. The number of carbonyl (C=O) groups is 3. The molecule has 1 aromatic heterocycles. The molecular weight excluding hydrogens is 463 g/mol. The van der Waals surface area contributed by atoms with Crippen molar-refractivity contribution < 1.29 is 27.6 Å². The van der Waals surface area contributed by atoms with E-state index in [4.69, 9.17) is 11.6 Å². The van der Waals surface area contributed by atoms with Gasteiger partial charge in [0.15, 0.2) is 5.69 Å². The maximum Gasteiger partial charge on any atom is 0.435 e. The van der Waals surface area contributed by atoms with Crippen molar-refractivity contribution >= 4 is 35.0 Å². The Morgan fingerprint density at radius 1 is 1.06 bits per heavy atom. The molecule has 33 heavy (non-hydrogen) atoms. The fourth-order valence-corrected chi connectivity index (χ4v) is 4.06. The van der Waals surface area contributed by atoms with Crippen LogP contribution >= 0.6 is 11.6 Å². The van der Waals surface area contributed by atoms with Crippen molar-refractivity contribution in [3.63, 3.8) is 0 Å². The number of halogens is 4. The van der Waals surface area contributed by atoms with Gasteiger partial charge in [-0.25, -0.2) is 0 Å². The minimum absolute atomic E-state index is 0.0530. The number of rotatable bonds is 4. The Kier molecular flexibility index (Phi) is 7.31. The van der Waals surface area contributed by atoms with Crippen LogP contribution in [-0.4, -0.2) is 27.5 Å². The third-order valence-corrected chi connectivity index (χ3v) is 5.53. The summed E-state index contributed by atoms with van der Waals surface area (Å²) >= 11 is 6.04. The van der Waals surface area contributed by atoms with Crippen LogP contribution in [0.1, 0.15) is 77.2 Å². The van der Waals surface area contributed by atoms with Gasteiger partial charge in [-0.05, 0) is 37.5 Å². The van der Waals surface area contributed by atoms with Crippen LogP contribution in [0.4, 0.5) is 18.9 Å². The highest BCUT2D eigenvalue weighted by Crippen LogP contribution is 2.34. The average Bonchev–Trinajstić information content (AvgIpc) is 3.20. The molecule has 3 amide bonds. The lowest BCUT2D eigenvalue weighted by Crippen LogP contribution is -2.40. The predicted molar refractivity (Wildman–Crippen MR) is 115 cm³/mol. The summed E-state index contributed by atoms with van der Waals surface area (Å²) < 4.78 is 41.2. The van der Waals surface area contributed by atoms with E-state index in [0.29, 0.717) is 24.5 Å². The molecule has 1 fully saturated rings. The SMILES string of the molecule is CC(=O)NNC(=O)c1cc(Cl)cc(C)c1NC(=O)c1cc(C(F)(F)F)nn1C1CCCCC1. The van der Waals surface area contributed by atoms with E-state index in [0.717, 1.165) is 23.9 Å². The molecular formula is C21H23ClF3N5O3. The van der Waals surface area contributed by atoms with Gasteiger partial charge in [0.1, 0.15) is 5.69 Å². The highest BCUT2D eigenvalue weighted by Gasteiger charge is 2.37. The van der Waals surface area contributed by atoms with E-state index < -0.39 is 29.6 Å². The molecule has 1 aromatic carbocycles. The van der Waals surface area contributed by atoms with Crippen LogP contribution in [0.15, 0.2) is 18.2 Å². The van der Waals surface area contributed by atoms with Crippen LogP contribution in [0.2, 0.25) is 5.02 Å². The van der Waals surface area contributed by atoms with Gasteiger partial charge in [0, 0.05) is 18.0 Å². The molecule has 0 saturated heterocycles. The molecule has 12 heteroatoms. The summed E-state index contributed by atoms with van der Waals surface area (Å²) in [4.78, 5) is 36.8. The zero-order valence-corrected chi connectivity index (χ0v) is 18.7. The van der Waals surface area contributed by atoms with Crippen LogP contribution in [0.25, 0.3) is 0 Å². The number of nitrogens with zero attached hydrogens (tertiary/aromatic N) is 2. The molecule has 0 aliphatic heterocycles. The topological polar surface area (TPSA) is 105 Å². The number of benzene rings is 1. The van der Waals surface area contributed by atoms with Crippen LogP contribution in [0.5, 0.6) is 0 Å². The summed E-state index contributed by atoms with van der Waals surface area (Å²) in [7, 11) is 0. The molecule has 0 bridgehead atoms. The second kappa shape index (κ2) is 9.82. The second-order valence-corrected chi connectivity index (χ2v) is 8.32. The molecule has 178 valence electrons. The Morgan fingerprint density at radius 2 is 1.73 bits per heavy atom. The number of hydrogen-bond donors (Lipinski definition) is 3. The van der Waals surface area contributed by atoms with E-state index in [1.54, 1.807) is 6.92 Å². The average molecular weight is 486 g/mol. The van der Waals surface area contributed by atoms with Crippen molar-refractivity contribution in [2.75, 3.05) is 5.32 Å². The molecule has 1 saturated carbocycles. The van der Waals surface area contributed by atoms with Gasteiger partial charge in [-0.2, -0.15) is 18.3 Å². The molecule has 1 aliphatic rings. The number of anilines is 1. The molecule has 2 aromatic rings. The second-order valence-electron chi connectivity index (χ2n) is 7.88. The Balaban J connectivity index is 1.98. The van der Waals surface area contributed by atoms with Crippen LogP contribution in [0.3, 0.4) is 0 Å². The van der Waals surface area contributed by atoms with E-state index in [-0.39, 0.29) is 28.0 Å². The zero-order chi connectivity index (χ0) is 24.3. The molecule has 3 rings (SSSR count). The molecule has 1 aliphatic carbocycles. The van der Waals surface area contributed by atoms with Gasteiger partial charge >= 0.3 is 6.18 Å². The van der Waals surface area contributed by atoms with Gasteiger partial charge in [0.25, 0.3) is 11.8 Å². The number of aryl methyl sites for hydroxylation is 1. The minimum Gasteiger partial charge on any atom is -0.320 e. The van der Waals surface area contributed by atoms with Gasteiger partial charge in [-0.1, -0.05) is 30.9 Å². The monoisotopic (exact) mass is 485 g/mol. The first-order chi connectivity index (χ1) is 15.5. The molecule has 1 heterocycles. The summed E-state index contributed by atoms with van der Waals surface area (Å²) in [5, 5.41) is 6.43. The fourth-order valence-electron chi connectivity index (χ4n) is 3.78. The lowest BCUT2D eigenvalue weighted by molar-refractivity contribution is -0.141. The van der Waals surface area contributed by atoms with Crippen molar-refractivity contribution in [1.29, 1.82) is 0 Å². The lowest BCUT2D eigenvalue weighted by Gasteiger charge is -2.24. The zero-order valence-electron chi connectivity index (χ0n) is 18.0. The molecule has 0 radical (unpaired) electrons. The van der Waals surface area contributed by atoms with Gasteiger partial charge in [0.05, 0.1) is 17.3 Å². The van der Waals surface area contributed by atoms with Crippen molar-refractivity contribution in [3.05, 3.63) is 45.7 Å². The smallest absolute Gasteiger partial charge is 0.320 e. The Labute approximate surface area is 192 Å². The Morgan fingerprint density at radius 3 is 2.33 bits per heavy atom. The van der Waals surface area contributed by atoms with Crippen LogP contribution in [0, 0.1) is 6.92 Å². The molecule has 3 N–H and O–H groups in total. The van der Waals surface area contributed by atoms with E-state index in [2.05, 4.69) is 21.3 Å². The van der Waals surface area contributed by atoms with Gasteiger partial charge in [0.2, 0.25) is 5.91 Å². The van der Waals surface area contributed by atoms with Crippen molar-refractivity contribution in [2.45, 2.75) is 58.2 Å². The van der Waals surface area contributed by atoms with E-state index in [1.807, 2.05) is 0 Å². The Hall–Kier alpha value is -3.08. The summed E-state index contributed by atoms with van der Waals surface area (Å²) in [5.41, 5.74) is 3.29. The third kappa shape index (κ3) is 5.84. The number of nitrogens with one attached hydrogen (secondary N) is 3. The van der Waals surface area contributed by atoms with Crippen molar-refractivity contribution in [1.82, 2.24) is 20.6 Å². The summed E-state index contributed by atoms with van der Waals surface area (Å²) in [6, 6.07) is 3.16. The fraction of sp³-hybridized carbons (Fsp3) is 0.429. The number of hydrazine groups is 1. The standard InChI is InChI=1S/C21H23ClF3N5O3/c1-11-8-13(22)9-15(19(32)28-27-12(2)31)18(11)26-20(33)16-10-17(21(23,24)25)29-30(16)14-6-4-3-5-7-14/h8-10,14H,3-7H2,1-2H3,(H,26,33)(H,27,31)(H,28,32). The molecule has 0 spiro atoms. The van der Waals surface area contributed by atoms with Crippen molar-refractivity contribution in [2.24, 2.45) is 0 Å². The van der Waals surface area contributed by atoms with E-state index in [9.17, 15) is 27.6 Å². The van der Waals surface area contributed by atoms with Gasteiger partial charge < -0.3 is 5.32 Å². The molecule has 0 unspecified atom stereocenters. The highest BCUT2D eigenvalue weighted by atomic mass is 35.5. The highest BCUT2D eigenvalue weighted by molar-refractivity contribution is 6.31. The normalized spacial score (nSPS) is 14.6. The lowest BCUT2D eigenvalue weighted by atomic mass is 9.95. The van der Waals surface area contributed by atoms with Gasteiger partial charge in [-0.3, -0.25) is 29.9 Å². The number of carbonyl (C=O) groups excluding carboxylic acids is 3. The van der Waals surface area contributed by atoms with Crippen LogP contribution < -0.4 is 16.2 Å². The number of alkyl halides is 3. The maximum absolute atomic E-state index is 13.4. The number of amides is 3. The van der Waals surface area contributed by atoms with Crippen molar-refractivity contribution in [3.8, 4) is 0 Å². The summed E-state index contributed by atoms with van der Waals surface area (Å²) in [6.45, 7) is 2.77. The predicted octanol–water partition coefficient (Wildman–Crippen LogP) is 4.40.